The summed E-state index contributed by atoms with van der Waals surface area (Å²) in [6, 6.07) is 3.40. The molecule has 2 heterocycles. The van der Waals surface area contributed by atoms with Crippen molar-refractivity contribution in [2.24, 2.45) is 5.41 Å². The highest BCUT2D eigenvalue weighted by Gasteiger charge is 2.42. The summed E-state index contributed by atoms with van der Waals surface area (Å²) in [6.45, 7) is 5.32. The Kier molecular flexibility index (Phi) is 6.00. The lowest BCUT2D eigenvalue weighted by Crippen LogP contribution is -2.40. The molecule has 1 aliphatic rings. The predicted molar refractivity (Wildman–Crippen MR) is 88.8 cm³/mol. The Labute approximate surface area is 142 Å². The van der Waals surface area contributed by atoms with Gasteiger partial charge in [-0.15, -0.1) is 0 Å². The van der Waals surface area contributed by atoms with Crippen LogP contribution in [0.2, 0.25) is 0 Å². The number of likely N-dealkylation sites (tertiary alicyclic amines) is 1. The van der Waals surface area contributed by atoms with Crippen LogP contribution in [0.5, 0.6) is 5.88 Å². The van der Waals surface area contributed by atoms with Crippen molar-refractivity contribution >= 4 is 12.0 Å². The van der Waals surface area contributed by atoms with Gasteiger partial charge in [0, 0.05) is 31.4 Å². The molecule has 24 heavy (non-hydrogen) atoms. The van der Waals surface area contributed by atoms with Gasteiger partial charge in [0.1, 0.15) is 0 Å². The molecule has 0 bridgehead atoms. The number of hydrogen-bond acceptors (Lipinski definition) is 4. The summed E-state index contributed by atoms with van der Waals surface area (Å²) in [4.78, 5) is 29.3. The van der Waals surface area contributed by atoms with E-state index in [2.05, 4.69) is 17.2 Å². The molecule has 7 nitrogen and oxygen atoms in total. The van der Waals surface area contributed by atoms with Gasteiger partial charge in [0.2, 0.25) is 5.88 Å². The highest BCUT2D eigenvalue weighted by Crippen LogP contribution is 2.30. The molecule has 0 saturated carbocycles. The number of ether oxygens (including phenoxy) is 1. The van der Waals surface area contributed by atoms with E-state index < -0.39 is 11.4 Å². The van der Waals surface area contributed by atoms with Gasteiger partial charge < -0.3 is 20.1 Å². The number of amides is 2. The van der Waals surface area contributed by atoms with Crippen LogP contribution in [0.4, 0.5) is 4.79 Å². The van der Waals surface area contributed by atoms with Crippen molar-refractivity contribution in [3.05, 3.63) is 23.9 Å². The number of unbranched alkanes of at least 4 members (excludes halogenated alkanes) is 1. The van der Waals surface area contributed by atoms with E-state index in [4.69, 9.17) is 4.74 Å². The van der Waals surface area contributed by atoms with Crippen LogP contribution in [-0.2, 0) is 11.3 Å². The van der Waals surface area contributed by atoms with Crippen LogP contribution in [0, 0.1) is 5.41 Å². The SMILES string of the molecule is CCCCOc1ncccc1CNC(=O)N1CCC(C)(C(=O)O)C1. The second-order valence-electron chi connectivity index (χ2n) is 6.37. The van der Waals surface area contributed by atoms with Crippen LogP contribution >= 0.6 is 0 Å². The van der Waals surface area contributed by atoms with E-state index in [0.29, 0.717) is 32.0 Å². The third-order valence-electron chi connectivity index (χ3n) is 4.29. The minimum atomic E-state index is -0.864. The van der Waals surface area contributed by atoms with E-state index in [9.17, 15) is 14.7 Å². The molecule has 2 rings (SSSR count). The Bertz CT molecular complexity index is 593. The zero-order chi connectivity index (χ0) is 17.6. The Morgan fingerprint density at radius 3 is 2.96 bits per heavy atom. The summed E-state index contributed by atoms with van der Waals surface area (Å²) < 4.78 is 5.65. The molecule has 1 atom stereocenters. The quantitative estimate of drug-likeness (QED) is 0.746. The Hall–Kier alpha value is -2.31. The van der Waals surface area contributed by atoms with Crippen molar-refractivity contribution in [1.29, 1.82) is 0 Å². The van der Waals surface area contributed by atoms with Crippen molar-refractivity contribution in [3.63, 3.8) is 0 Å². The highest BCUT2D eigenvalue weighted by atomic mass is 16.5. The van der Waals surface area contributed by atoms with Crippen molar-refractivity contribution in [1.82, 2.24) is 15.2 Å². The normalized spacial score (nSPS) is 20.0. The number of nitrogens with one attached hydrogen (secondary N) is 1. The first-order valence-corrected chi connectivity index (χ1v) is 8.29. The Balaban J connectivity index is 1.89. The molecule has 1 aliphatic heterocycles. The fourth-order valence-electron chi connectivity index (χ4n) is 2.59. The van der Waals surface area contributed by atoms with E-state index in [1.54, 1.807) is 24.1 Å². The van der Waals surface area contributed by atoms with Gasteiger partial charge in [0.15, 0.2) is 0 Å². The van der Waals surface area contributed by atoms with Crippen LogP contribution in [-0.4, -0.2) is 46.7 Å². The van der Waals surface area contributed by atoms with Crippen LogP contribution in [0.15, 0.2) is 18.3 Å². The maximum atomic E-state index is 12.3. The third kappa shape index (κ3) is 4.37. The standard InChI is InChI=1S/C17H25N3O4/c1-3-4-10-24-14-13(6-5-8-18-14)11-19-16(23)20-9-7-17(2,12-20)15(21)22/h5-6,8H,3-4,7,9-12H2,1-2H3,(H,19,23)(H,21,22). The second-order valence-corrected chi connectivity index (χ2v) is 6.37. The number of nitrogens with zero attached hydrogens (tertiary/aromatic N) is 2. The summed E-state index contributed by atoms with van der Waals surface area (Å²) in [5.41, 5.74) is -0.0535. The lowest BCUT2D eigenvalue weighted by molar-refractivity contribution is -0.147. The van der Waals surface area contributed by atoms with Crippen molar-refractivity contribution in [2.45, 2.75) is 39.7 Å². The number of urea groups is 1. The number of hydrogen-bond donors (Lipinski definition) is 2. The first kappa shape index (κ1) is 18.0. The van der Waals surface area contributed by atoms with E-state index >= 15 is 0 Å². The number of aromatic nitrogens is 1. The summed E-state index contributed by atoms with van der Waals surface area (Å²) in [6.07, 6.45) is 4.11. The fourth-order valence-corrected chi connectivity index (χ4v) is 2.59. The zero-order valence-corrected chi connectivity index (χ0v) is 14.2. The van der Waals surface area contributed by atoms with Crippen LogP contribution in [0.3, 0.4) is 0 Å². The van der Waals surface area contributed by atoms with Crippen LogP contribution in [0.25, 0.3) is 0 Å². The minimum Gasteiger partial charge on any atom is -0.481 e. The molecule has 1 saturated heterocycles. The number of carbonyl (C=O) groups is 2. The van der Waals surface area contributed by atoms with Crippen molar-refractivity contribution < 1.29 is 19.4 Å². The van der Waals surface area contributed by atoms with Crippen molar-refractivity contribution in [2.75, 3.05) is 19.7 Å². The first-order valence-electron chi connectivity index (χ1n) is 8.29. The summed E-state index contributed by atoms with van der Waals surface area (Å²) in [5, 5.41) is 12.1. The van der Waals surface area contributed by atoms with Gasteiger partial charge >= 0.3 is 12.0 Å². The van der Waals surface area contributed by atoms with E-state index in [-0.39, 0.29) is 12.6 Å². The number of carboxylic acids is 1. The molecule has 0 radical (unpaired) electrons. The Morgan fingerprint density at radius 2 is 2.29 bits per heavy atom. The molecule has 7 heteroatoms. The number of pyridine rings is 1. The van der Waals surface area contributed by atoms with Gasteiger partial charge in [-0.05, 0) is 25.8 Å². The smallest absolute Gasteiger partial charge is 0.317 e. The number of carbonyl (C=O) groups excluding carboxylic acids is 1. The minimum absolute atomic E-state index is 0.223. The summed E-state index contributed by atoms with van der Waals surface area (Å²) in [7, 11) is 0. The van der Waals surface area contributed by atoms with Crippen LogP contribution < -0.4 is 10.1 Å². The number of aliphatic carboxylic acids is 1. The van der Waals surface area contributed by atoms with Crippen LogP contribution in [0.1, 0.15) is 38.7 Å². The molecule has 0 spiro atoms. The van der Waals surface area contributed by atoms with Gasteiger partial charge in [-0.1, -0.05) is 19.4 Å². The number of rotatable bonds is 7. The molecular weight excluding hydrogens is 310 g/mol. The molecule has 1 unspecified atom stereocenters. The molecule has 2 N–H and O–H groups in total. The monoisotopic (exact) mass is 335 g/mol. The van der Waals surface area contributed by atoms with E-state index in [1.165, 1.54) is 0 Å². The highest BCUT2D eigenvalue weighted by molar-refractivity contribution is 5.79. The van der Waals surface area contributed by atoms with Crippen molar-refractivity contribution in [3.8, 4) is 5.88 Å². The van der Waals surface area contributed by atoms with Gasteiger partial charge in [-0.3, -0.25) is 4.79 Å². The number of carboxylic acid groups (broad SMARTS) is 1. The molecule has 1 aromatic heterocycles. The lowest BCUT2D eigenvalue weighted by atomic mass is 9.90. The van der Waals surface area contributed by atoms with Gasteiger partial charge in [0.05, 0.1) is 12.0 Å². The van der Waals surface area contributed by atoms with Gasteiger partial charge in [-0.2, -0.15) is 0 Å². The maximum Gasteiger partial charge on any atom is 0.317 e. The summed E-state index contributed by atoms with van der Waals surface area (Å²) >= 11 is 0. The Morgan fingerprint density at radius 1 is 1.50 bits per heavy atom. The average Bonchev–Trinajstić information content (AvgIpc) is 2.98. The second kappa shape index (κ2) is 7.99. The zero-order valence-electron chi connectivity index (χ0n) is 14.2. The average molecular weight is 335 g/mol. The topological polar surface area (TPSA) is 91.8 Å². The van der Waals surface area contributed by atoms with Gasteiger partial charge in [0.25, 0.3) is 0 Å². The predicted octanol–water partition coefficient (Wildman–Crippen LogP) is 2.27. The third-order valence-corrected chi connectivity index (χ3v) is 4.29. The fraction of sp³-hybridized carbons (Fsp3) is 0.588. The summed E-state index contributed by atoms with van der Waals surface area (Å²) in [5.74, 6) is -0.334. The largest absolute Gasteiger partial charge is 0.481 e. The molecule has 1 aromatic rings. The molecule has 1 fully saturated rings. The van der Waals surface area contributed by atoms with Gasteiger partial charge in [-0.25, -0.2) is 9.78 Å². The molecule has 0 aliphatic carbocycles. The molecule has 0 aromatic carbocycles. The van der Waals surface area contributed by atoms with E-state index in [1.807, 2.05) is 6.07 Å². The molecule has 2 amide bonds. The maximum absolute atomic E-state index is 12.3. The molecule has 132 valence electrons. The van der Waals surface area contributed by atoms with E-state index in [0.717, 1.165) is 18.4 Å². The first-order chi connectivity index (χ1) is 11.5. The lowest BCUT2D eigenvalue weighted by Gasteiger charge is -2.20. The molecular formula is C17H25N3O4.